The third-order valence-corrected chi connectivity index (χ3v) is 6.17. The zero-order valence-corrected chi connectivity index (χ0v) is 15.7. The van der Waals surface area contributed by atoms with Crippen LogP contribution in [-0.2, 0) is 6.18 Å². The van der Waals surface area contributed by atoms with Gasteiger partial charge in [0.1, 0.15) is 11.6 Å². The quantitative estimate of drug-likeness (QED) is 0.741. The predicted molar refractivity (Wildman–Crippen MR) is 95.4 cm³/mol. The first kappa shape index (κ1) is 19.7. The van der Waals surface area contributed by atoms with Gasteiger partial charge in [-0.2, -0.15) is 26.3 Å². The van der Waals surface area contributed by atoms with E-state index in [1.165, 1.54) is 11.1 Å². The van der Waals surface area contributed by atoms with Crippen LogP contribution in [0, 0.1) is 11.8 Å². The summed E-state index contributed by atoms with van der Waals surface area (Å²) in [6.07, 6.45) is -3.94. The van der Waals surface area contributed by atoms with Gasteiger partial charge in [0.15, 0.2) is 0 Å². The van der Waals surface area contributed by atoms with Crippen molar-refractivity contribution in [3.8, 4) is 11.3 Å². The summed E-state index contributed by atoms with van der Waals surface area (Å²) in [6, 6.07) is 1.000. The molecule has 0 bridgehead atoms. The third-order valence-electron chi connectivity index (χ3n) is 6.17. The van der Waals surface area contributed by atoms with Crippen molar-refractivity contribution in [1.82, 2.24) is 19.4 Å². The van der Waals surface area contributed by atoms with Gasteiger partial charge in [0.25, 0.3) is 0 Å². The molecule has 0 radical (unpaired) electrons. The number of alkyl halides is 6. The lowest BCUT2D eigenvalue weighted by atomic mass is 10.1. The molecule has 3 aliphatic rings. The molecule has 5 rings (SSSR count). The van der Waals surface area contributed by atoms with E-state index < -0.39 is 30.3 Å². The summed E-state index contributed by atoms with van der Waals surface area (Å²) >= 11 is 0. The molecule has 0 amide bonds. The zero-order valence-electron chi connectivity index (χ0n) is 15.7. The fourth-order valence-corrected chi connectivity index (χ4v) is 4.65. The fraction of sp³-hybridized carbons (Fsp3) is 0.579. The highest BCUT2D eigenvalue weighted by Gasteiger charge is 2.58. The zero-order chi connectivity index (χ0) is 21.4. The molecule has 3 heterocycles. The van der Waals surface area contributed by atoms with Gasteiger partial charge in [0.2, 0.25) is 0 Å². The number of aromatic nitrogens is 3. The maximum atomic E-state index is 13.2. The number of likely N-dealkylation sites (tertiary alicyclic amines) is 1. The molecule has 1 aliphatic heterocycles. The van der Waals surface area contributed by atoms with Crippen molar-refractivity contribution in [2.24, 2.45) is 11.8 Å². The number of halogens is 6. The molecule has 30 heavy (non-hydrogen) atoms. The van der Waals surface area contributed by atoms with Gasteiger partial charge in [-0.25, -0.2) is 9.97 Å². The molecule has 2 N–H and O–H groups in total. The van der Waals surface area contributed by atoms with Crippen LogP contribution in [0.2, 0.25) is 0 Å². The Morgan fingerprint density at radius 1 is 1.07 bits per heavy atom. The number of anilines is 1. The van der Waals surface area contributed by atoms with Crippen LogP contribution in [-0.4, -0.2) is 45.2 Å². The molecule has 162 valence electrons. The molecule has 0 unspecified atom stereocenters. The van der Waals surface area contributed by atoms with E-state index in [-0.39, 0.29) is 29.4 Å². The smallest absolute Gasteiger partial charge is 0.383 e. The van der Waals surface area contributed by atoms with Crippen LogP contribution in [0.4, 0.5) is 32.2 Å². The highest BCUT2D eigenvalue weighted by Crippen LogP contribution is 2.57. The van der Waals surface area contributed by atoms with Gasteiger partial charge >= 0.3 is 12.4 Å². The third kappa shape index (κ3) is 3.52. The fourth-order valence-electron chi connectivity index (χ4n) is 4.65. The molecule has 2 saturated carbocycles. The Balaban J connectivity index is 1.41. The van der Waals surface area contributed by atoms with E-state index in [1.54, 1.807) is 6.20 Å². The van der Waals surface area contributed by atoms with E-state index >= 15 is 0 Å². The van der Waals surface area contributed by atoms with E-state index in [1.807, 2.05) is 4.57 Å². The van der Waals surface area contributed by atoms with Crippen LogP contribution in [0.25, 0.3) is 11.3 Å². The van der Waals surface area contributed by atoms with Crippen LogP contribution in [0.3, 0.4) is 0 Å². The lowest BCUT2D eigenvalue weighted by Gasteiger charge is -2.21. The summed E-state index contributed by atoms with van der Waals surface area (Å²) in [6.45, 7) is -0.170. The maximum Gasteiger partial charge on any atom is 0.419 e. The van der Waals surface area contributed by atoms with E-state index in [0.717, 1.165) is 24.7 Å². The normalized spacial score (nSPS) is 26.8. The largest absolute Gasteiger partial charge is 0.419 e. The van der Waals surface area contributed by atoms with E-state index in [4.69, 9.17) is 5.73 Å². The first-order valence-electron chi connectivity index (χ1n) is 9.72. The van der Waals surface area contributed by atoms with Gasteiger partial charge in [-0.15, -0.1) is 0 Å². The molecule has 2 aliphatic carbocycles. The average Bonchev–Trinajstić information content (AvgIpc) is 3.49. The Kier molecular flexibility index (Phi) is 4.16. The molecule has 2 aromatic rings. The number of nitrogens with two attached hydrogens (primary N) is 1. The first-order chi connectivity index (χ1) is 14.0. The SMILES string of the molecule is Nc1ncc(-c2cn([C@@H]3[C@@H]4CN(CC(F)(F)F)C[C@@H]43)c(C3CC3)n2)cc1C(F)(F)F. The van der Waals surface area contributed by atoms with Crippen LogP contribution in [0.5, 0.6) is 0 Å². The second kappa shape index (κ2) is 6.35. The van der Waals surface area contributed by atoms with Crippen LogP contribution >= 0.6 is 0 Å². The number of rotatable bonds is 4. The summed E-state index contributed by atoms with van der Waals surface area (Å²) in [5, 5.41) is 0. The van der Waals surface area contributed by atoms with Gasteiger partial charge in [-0.05, 0) is 30.7 Å². The van der Waals surface area contributed by atoms with E-state index in [2.05, 4.69) is 9.97 Å². The highest BCUT2D eigenvalue weighted by atomic mass is 19.4. The minimum atomic E-state index is -4.62. The number of piperidine rings is 1. The topological polar surface area (TPSA) is 60.0 Å². The van der Waals surface area contributed by atoms with Crippen LogP contribution in [0.15, 0.2) is 18.5 Å². The monoisotopic (exact) mass is 431 g/mol. The number of hydrogen-bond donors (Lipinski definition) is 1. The molecule has 3 atom stereocenters. The maximum absolute atomic E-state index is 13.2. The Labute approximate surface area is 167 Å². The van der Waals surface area contributed by atoms with Crippen molar-refractivity contribution in [2.75, 3.05) is 25.4 Å². The summed E-state index contributed by atoms with van der Waals surface area (Å²) in [5.74, 6) is 0.686. The lowest BCUT2D eigenvalue weighted by Crippen LogP contribution is -2.34. The van der Waals surface area contributed by atoms with Crippen molar-refractivity contribution in [1.29, 1.82) is 0 Å². The molecular formula is C19H19F6N5. The molecule has 3 fully saturated rings. The van der Waals surface area contributed by atoms with Crippen LogP contribution in [0.1, 0.15) is 36.2 Å². The average molecular weight is 431 g/mol. The standard InChI is InChI=1S/C19H19F6N5/c20-18(21,22)8-29-5-11-12(6-29)15(11)30-7-14(28-17(30)9-1-2-9)10-3-13(19(23,24)25)16(26)27-4-10/h3-4,7,9,11-12,15H,1-2,5-6,8H2,(H2,26,27)/t11-,12+,15-. The van der Waals surface area contributed by atoms with Gasteiger partial charge in [0, 0.05) is 43.0 Å². The number of nitrogen functional groups attached to an aromatic ring is 1. The van der Waals surface area contributed by atoms with Gasteiger partial charge in [0.05, 0.1) is 17.8 Å². The summed E-state index contributed by atoms with van der Waals surface area (Å²) in [4.78, 5) is 9.68. The Bertz CT molecular complexity index is 965. The highest BCUT2D eigenvalue weighted by molar-refractivity contribution is 5.62. The first-order valence-corrected chi connectivity index (χ1v) is 9.72. The van der Waals surface area contributed by atoms with E-state index in [0.29, 0.717) is 18.8 Å². The minimum Gasteiger partial charge on any atom is -0.383 e. The summed E-state index contributed by atoms with van der Waals surface area (Å²) < 4.78 is 79.4. The number of fused-ring (bicyclic) bond motifs is 1. The second-order valence-corrected chi connectivity index (χ2v) is 8.45. The molecule has 1 saturated heterocycles. The van der Waals surface area contributed by atoms with Crippen molar-refractivity contribution in [3.05, 3.63) is 29.8 Å². The predicted octanol–water partition coefficient (Wildman–Crippen LogP) is 4.09. The summed E-state index contributed by atoms with van der Waals surface area (Å²) in [5.41, 5.74) is 4.98. The van der Waals surface area contributed by atoms with E-state index in [9.17, 15) is 26.3 Å². The molecule has 0 spiro atoms. The Morgan fingerprint density at radius 2 is 1.73 bits per heavy atom. The number of hydrogen-bond acceptors (Lipinski definition) is 4. The van der Waals surface area contributed by atoms with Gasteiger partial charge in [-0.3, -0.25) is 4.90 Å². The molecule has 0 aromatic carbocycles. The molecule has 5 nitrogen and oxygen atoms in total. The van der Waals surface area contributed by atoms with Crippen molar-refractivity contribution in [3.63, 3.8) is 0 Å². The van der Waals surface area contributed by atoms with Crippen molar-refractivity contribution < 1.29 is 26.3 Å². The van der Waals surface area contributed by atoms with Crippen molar-refractivity contribution >= 4 is 5.82 Å². The summed E-state index contributed by atoms with van der Waals surface area (Å²) in [7, 11) is 0. The van der Waals surface area contributed by atoms with Gasteiger partial charge < -0.3 is 10.3 Å². The Morgan fingerprint density at radius 3 is 2.30 bits per heavy atom. The molecule has 2 aromatic heterocycles. The molecule has 11 heteroatoms. The lowest BCUT2D eigenvalue weighted by molar-refractivity contribution is -0.144. The minimum absolute atomic E-state index is 0.0511. The number of pyridine rings is 1. The van der Waals surface area contributed by atoms with Crippen LogP contribution < -0.4 is 5.73 Å². The second-order valence-electron chi connectivity index (χ2n) is 8.45. The van der Waals surface area contributed by atoms with Gasteiger partial charge in [-0.1, -0.05) is 0 Å². The number of imidazole rings is 1. The molecular weight excluding hydrogens is 412 g/mol. The number of nitrogens with zero attached hydrogens (tertiary/aromatic N) is 4. The van der Waals surface area contributed by atoms with Crippen molar-refractivity contribution in [2.45, 2.75) is 37.2 Å². The Hall–Kier alpha value is -2.30.